The fourth-order valence-electron chi connectivity index (χ4n) is 7.25. The fraction of sp³-hybridized carbons (Fsp3) is 0.697. The lowest BCUT2D eigenvalue weighted by Crippen LogP contribution is -2.25. The molecule has 0 spiro atoms. The van der Waals surface area contributed by atoms with Crippen LogP contribution in [-0.4, -0.2) is 0 Å². The van der Waals surface area contributed by atoms with Gasteiger partial charge in [-0.2, -0.15) is 0 Å². The molecule has 0 aromatic heterocycles. The van der Waals surface area contributed by atoms with Crippen LogP contribution in [0.25, 0.3) is 6.08 Å². The topological polar surface area (TPSA) is 0 Å². The molecule has 0 heteroatoms. The number of rotatable bonds is 9. The summed E-state index contributed by atoms with van der Waals surface area (Å²) in [6.07, 6.45) is 30.1. The van der Waals surface area contributed by atoms with Gasteiger partial charge in [-0.05, 0) is 111 Å². The Labute approximate surface area is 205 Å². The van der Waals surface area contributed by atoms with Gasteiger partial charge in [0.25, 0.3) is 0 Å². The molecule has 0 atom stereocenters. The van der Waals surface area contributed by atoms with Crippen LogP contribution in [0.5, 0.6) is 0 Å². The molecule has 0 unspecified atom stereocenters. The average molecular weight is 447 g/mol. The predicted molar refractivity (Wildman–Crippen MR) is 145 cm³/mol. The first-order chi connectivity index (χ1) is 16.2. The van der Waals surface area contributed by atoms with Crippen LogP contribution in [0, 0.1) is 29.6 Å². The van der Waals surface area contributed by atoms with Gasteiger partial charge in [-0.1, -0.05) is 87.9 Å². The van der Waals surface area contributed by atoms with E-state index < -0.39 is 0 Å². The summed E-state index contributed by atoms with van der Waals surface area (Å²) >= 11 is 0. The molecular formula is C33H50. The minimum absolute atomic E-state index is 0.754. The molecule has 0 saturated heterocycles. The van der Waals surface area contributed by atoms with E-state index in [0.717, 1.165) is 35.5 Å². The summed E-state index contributed by atoms with van der Waals surface area (Å²) in [5.74, 6) is 5.46. The maximum absolute atomic E-state index is 3.99. The van der Waals surface area contributed by atoms with E-state index in [1.54, 1.807) is 5.56 Å². The highest BCUT2D eigenvalue weighted by Crippen LogP contribution is 2.42. The highest BCUT2D eigenvalue weighted by molar-refractivity contribution is 5.50. The van der Waals surface area contributed by atoms with Gasteiger partial charge in [0.05, 0.1) is 0 Å². The van der Waals surface area contributed by atoms with Gasteiger partial charge in [-0.15, -0.1) is 6.58 Å². The smallest absolute Gasteiger partial charge is 0.0162 e. The van der Waals surface area contributed by atoms with Crippen LogP contribution < -0.4 is 0 Å². The molecule has 0 bridgehead atoms. The normalized spacial score (nSPS) is 33.2. The summed E-state index contributed by atoms with van der Waals surface area (Å²) in [6.45, 7) is 6.32. The minimum Gasteiger partial charge on any atom is -0.103 e. The van der Waals surface area contributed by atoms with E-state index in [1.807, 2.05) is 0 Å². The van der Waals surface area contributed by atoms with Crippen LogP contribution in [0.1, 0.15) is 127 Å². The SMILES string of the molecule is C=CC1CCC(c2ccc(C=CC3CCC(C4CCC(CCCCC)CC4)CC3)cc2)CC1. The van der Waals surface area contributed by atoms with Gasteiger partial charge in [-0.3, -0.25) is 0 Å². The third-order valence-electron chi connectivity index (χ3n) is 9.66. The van der Waals surface area contributed by atoms with Gasteiger partial charge in [0, 0.05) is 0 Å². The summed E-state index contributed by atoms with van der Waals surface area (Å²) < 4.78 is 0. The fourth-order valence-corrected chi connectivity index (χ4v) is 7.25. The van der Waals surface area contributed by atoms with Crippen molar-refractivity contribution >= 4 is 6.08 Å². The molecule has 3 aliphatic rings. The molecule has 3 fully saturated rings. The molecule has 182 valence electrons. The summed E-state index contributed by atoms with van der Waals surface area (Å²) in [7, 11) is 0. The van der Waals surface area contributed by atoms with Crippen LogP contribution in [0.15, 0.2) is 43.0 Å². The number of hydrogen-bond acceptors (Lipinski definition) is 0. The molecule has 0 heterocycles. The zero-order chi connectivity index (χ0) is 22.9. The highest BCUT2D eigenvalue weighted by atomic mass is 14.4. The van der Waals surface area contributed by atoms with Crippen molar-refractivity contribution in [3.05, 3.63) is 54.1 Å². The van der Waals surface area contributed by atoms with Gasteiger partial charge in [0.2, 0.25) is 0 Å². The standard InChI is InChI=1S/C33H50/c1-3-5-6-7-27-12-20-31(21-13-27)33-24-16-29(17-25-33)9-8-28-14-22-32(23-15-28)30-18-10-26(4-2)11-19-30/h4,8-9,14-15,22-23,26-27,29-31,33H,2-3,5-7,10-13,16-21,24-25H2,1H3. The Morgan fingerprint density at radius 1 is 0.727 bits per heavy atom. The second-order valence-electron chi connectivity index (χ2n) is 11.8. The molecule has 3 aliphatic carbocycles. The third-order valence-corrected chi connectivity index (χ3v) is 9.66. The van der Waals surface area contributed by atoms with Crippen molar-refractivity contribution in [1.82, 2.24) is 0 Å². The summed E-state index contributed by atoms with van der Waals surface area (Å²) in [5, 5.41) is 0. The molecular weight excluding hydrogens is 396 g/mol. The van der Waals surface area contributed by atoms with Crippen LogP contribution in [0.4, 0.5) is 0 Å². The van der Waals surface area contributed by atoms with E-state index in [1.165, 1.54) is 108 Å². The van der Waals surface area contributed by atoms with Gasteiger partial charge < -0.3 is 0 Å². The van der Waals surface area contributed by atoms with E-state index in [9.17, 15) is 0 Å². The first-order valence-electron chi connectivity index (χ1n) is 14.7. The molecule has 1 aromatic carbocycles. The van der Waals surface area contributed by atoms with Crippen LogP contribution in [-0.2, 0) is 0 Å². The molecule has 1 aromatic rings. The first-order valence-corrected chi connectivity index (χ1v) is 14.7. The zero-order valence-electron chi connectivity index (χ0n) is 21.5. The van der Waals surface area contributed by atoms with Crippen LogP contribution in [0.2, 0.25) is 0 Å². The molecule has 0 N–H and O–H groups in total. The van der Waals surface area contributed by atoms with Crippen molar-refractivity contribution in [2.75, 3.05) is 0 Å². The van der Waals surface area contributed by atoms with Gasteiger partial charge >= 0.3 is 0 Å². The van der Waals surface area contributed by atoms with E-state index in [4.69, 9.17) is 0 Å². The van der Waals surface area contributed by atoms with Gasteiger partial charge in [0.1, 0.15) is 0 Å². The monoisotopic (exact) mass is 446 g/mol. The Balaban J connectivity index is 1.16. The molecule has 0 aliphatic heterocycles. The van der Waals surface area contributed by atoms with E-state index in [2.05, 4.69) is 56.0 Å². The molecule has 0 radical (unpaired) electrons. The Bertz CT molecular complexity index is 701. The third kappa shape index (κ3) is 7.34. The van der Waals surface area contributed by atoms with Gasteiger partial charge in [0.15, 0.2) is 0 Å². The Morgan fingerprint density at radius 2 is 1.33 bits per heavy atom. The number of unbranched alkanes of at least 4 members (excludes halogenated alkanes) is 2. The number of benzene rings is 1. The van der Waals surface area contributed by atoms with Crippen molar-refractivity contribution in [3.8, 4) is 0 Å². The first kappa shape index (κ1) is 24.8. The number of allylic oxidation sites excluding steroid dienone is 2. The quantitative estimate of drug-likeness (QED) is 0.261. The van der Waals surface area contributed by atoms with E-state index >= 15 is 0 Å². The Morgan fingerprint density at radius 3 is 1.94 bits per heavy atom. The van der Waals surface area contributed by atoms with Crippen molar-refractivity contribution in [1.29, 1.82) is 0 Å². The lowest BCUT2D eigenvalue weighted by Gasteiger charge is -2.37. The average Bonchev–Trinajstić information content (AvgIpc) is 2.89. The second kappa shape index (κ2) is 13.0. The zero-order valence-corrected chi connectivity index (χ0v) is 21.5. The van der Waals surface area contributed by atoms with Crippen molar-refractivity contribution in [2.24, 2.45) is 29.6 Å². The lowest BCUT2D eigenvalue weighted by atomic mass is 9.68. The van der Waals surface area contributed by atoms with Crippen molar-refractivity contribution < 1.29 is 0 Å². The Hall–Kier alpha value is -1.30. The summed E-state index contributed by atoms with van der Waals surface area (Å²) in [6, 6.07) is 9.51. The largest absolute Gasteiger partial charge is 0.103 e. The van der Waals surface area contributed by atoms with Crippen LogP contribution >= 0.6 is 0 Å². The van der Waals surface area contributed by atoms with Gasteiger partial charge in [-0.25, -0.2) is 0 Å². The molecule has 33 heavy (non-hydrogen) atoms. The second-order valence-corrected chi connectivity index (χ2v) is 11.8. The maximum Gasteiger partial charge on any atom is -0.0162 e. The lowest BCUT2D eigenvalue weighted by molar-refractivity contribution is 0.151. The number of hydrogen-bond donors (Lipinski definition) is 0. The molecule has 4 rings (SSSR count). The van der Waals surface area contributed by atoms with E-state index in [0.29, 0.717) is 0 Å². The van der Waals surface area contributed by atoms with Crippen LogP contribution in [0.3, 0.4) is 0 Å². The van der Waals surface area contributed by atoms with Crippen molar-refractivity contribution in [2.45, 2.75) is 116 Å². The predicted octanol–water partition coefficient (Wildman–Crippen LogP) is 10.4. The Kier molecular flexibility index (Phi) is 9.75. The van der Waals surface area contributed by atoms with E-state index in [-0.39, 0.29) is 0 Å². The molecule has 0 nitrogen and oxygen atoms in total. The highest BCUT2D eigenvalue weighted by Gasteiger charge is 2.30. The summed E-state index contributed by atoms with van der Waals surface area (Å²) in [4.78, 5) is 0. The van der Waals surface area contributed by atoms with Crippen molar-refractivity contribution in [3.63, 3.8) is 0 Å². The molecule has 3 saturated carbocycles. The molecule has 0 amide bonds. The summed E-state index contributed by atoms with van der Waals surface area (Å²) in [5.41, 5.74) is 2.94. The minimum atomic E-state index is 0.754. The maximum atomic E-state index is 3.99.